The number of carbonyl (C=O) groups is 2. The second-order valence-corrected chi connectivity index (χ2v) is 8.30. The van der Waals surface area contributed by atoms with Gasteiger partial charge in [0.05, 0.1) is 19.3 Å². The average molecular weight is 423 g/mol. The molecule has 0 radical (unpaired) electrons. The molecule has 2 aromatic rings. The van der Waals surface area contributed by atoms with E-state index in [-0.39, 0.29) is 24.0 Å². The van der Waals surface area contributed by atoms with Crippen LogP contribution in [0.25, 0.3) is 0 Å². The fraction of sp³-hybridized carbons (Fsp3) is 0.440. The summed E-state index contributed by atoms with van der Waals surface area (Å²) in [7, 11) is 3.33. The number of nitrogens with zero attached hydrogens (tertiary/aromatic N) is 2. The van der Waals surface area contributed by atoms with Crippen molar-refractivity contribution < 1.29 is 19.1 Å². The first-order chi connectivity index (χ1) is 15.1. The number of amides is 2. The minimum absolute atomic E-state index is 0.0145. The van der Waals surface area contributed by atoms with Crippen molar-refractivity contribution in [3.05, 3.63) is 65.7 Å². The van der Waals surface area contributed by atoms with Crippen molar-refractivity contribution in [2.75, 3.05) is 27.3 Å². The molecule has 0 aromatic heterocycles. The lowest BCUT2D eigenvalue weighted by atomic mass is 9.98. The fourth-order valence-corrected chi connectivity index (χ4v) is 4.77. The van der Waals surface area contributed by atoms with Crippen LogP contribution >= 0.6 is 0 Å². The first-order valence-electron chi connectivity index (χ1n) is 10.9. The quantitative estimate of drug-likeness (QED) is 0.689. The number of piperazine rings is 1. The molecule has 2 aromatic carbocycles. The molecule has 6 nitrogen and oxygen atoms in total. The number of fused-ring (bicyclic) bond motifs is 1. The van der Waals surface area contributed by atoms with Crippen LogP contribution in [0.4, 0.5) is 0 Å². The second kappa shape index (κ2) is 9.52. The highest BCUT2D eigenvalue weighted by Crippen LogP contribution is 2.30. The van der Waals surface area contributed by atoms with E-state index in [4.69, 9.17) is 9.47 Å². The largest absolute Gasteiger partial charge is 0.496 e. The van der Waals surface area contributed by atoms with Crippen molar-refractivity contribution in [3.63, 3.8) is 0 Å². The number of methoxy groups -OCH3 is 2. The third kappa shape index (κ3) is 4.59. The zero-order valence-corrected chi connectivity index (χ0v) is 18.2. The van der Waals surface area contributed by atoms with Gasteiger partial charge in [0.2, 0.25) is 11.8 Å². The Morgan fingerprint density at radius 3 is 2.52 bits per heavy atom. The minimum atomic E-state index is -0.473. The van der Waals surface area contributed by atoms with E-state index >= 15 is 0 Å². The lowest BCUT2D eigenvalue weighted by Gasteiger charge is -2.43. The van der Waals surface area contributed by atoms with E-state index in [2.05, 4.69) is 0 Å². The molecule has 0 N–H and O–H groups in total. The Bertz CT molecular complexity index is 917. The number of carbonyl (C=O) groups excluding carboxylic acids is 2. The number of rotatable bonds is 7. The predicted molar refractivity (Wildman–Crippen MR) is 118 cm³/mol. The number of hydrogen-bond acceptors (Lipinski definition) is 4. The highest BCUT2D eigenvalue weighted by molar-refractivity contribution is 5.90. The summed E-state index contributed by atoms with van der Waals surface area (Å²) in [6, 6.07) is 17.2. The molecule has 0 spiro atoms. The van der Waals surface area contributed by atoms with Gasteiger partial charge in [-0.25, -0.2) is 0 Å². The predicted octanol–water partition coefficient (Wildman–Crippen LogP) is 2.70. The van der Waals surface area contributed by atoms with Crippen molar-refractivity contribution in [2.45, 2.75) is 43.9 Å². The van der Waals surface area contributed by atoms with E-state index in [1.54, 1.807) is 14.2 Å². The molecule has 4 rings (SSSR count). The molecule has 164 valence electrons. The van der Waals surface area contributed by atoms with E-state index in [0.29, 0.717) is 32.4 Å². The summed E-state index contributed by atoms with van der Waals surface area (Å²) >= 11 is 0. The maximum atomic E-state index is 13.4. The molecule has 2 fully saturated rings. The van der Waals surface area contributed by atoms with Gasteiger partial charge in [0.25, 0.3) is 0 Å². The normalized spacial score (nSPS) is 23.0. The smallest absolute Gasteiger partial charge is 0.246 e. The van der Waals surface area contributed by atoms with Crippen LogP contribution < -0.4 is 4.74 Å². The number of para-hydroxylation sites is 1. The van der Waals surface area contributed by atoms with E-state index < -0.39 is 6.04 Å². The summed E-state index contributed by atoms with van der Waals surface area (Å²) in [5, 5.41) is 0. The van der Waals surface area contributed by atoms with Crippen LogP contribution in [-0.2, 0) is 27.2 Å². The SMILES string of the molecule is COc1ccccc1CCC(=O)N1C[C@@H]2C[C@H](OC)CN2C(=O)[C@@H]1Cc1ccccc1. The minimum Gasteiger partial charge on any atom is -0.496 e. The highest BCUT2D eigenvalue weighted by atomic mass is 16.5. The number of hydrogen-bond donors (Lipinski definition) is 0. The molecule has 0 bridgehead atoms. The summed E-state index contributed by atoms with van der Waals surface area (Å²) in [5.74, 6) is 0.835. The van der Waals surface area contributed by atoms with Gasteiger partial charge in [-0.05, 0) is 30.0 Å². The lowest BCUT2D eigenvalue weighted by molar-refractivity contribution is -0.153. The molecule has 6 heteroatoms. The zero-order chi connectivity index (χ0) is 21.8. The van der Waals surface area contributed by atoms with Gasteiger partial charge in [-0.15, -0.1) is 0 Å². The Morgan fingerprint density at radius 1 is 1.03 bits per heavy atom. The lowest BCUT2D eigenvalue weighted by Crippen LogP contribution is -2.61. The van der Waals surface area contributed by atoms with Gasteiger partial charge in [0, 0.05) is 33.0 Å². The number of ether oxygens (including phenoxy) is 2. The molecule has 0 aliphatic carbocycles. The Morgan fingerprint density at radius 2 is 1.77 bits per heavy atom. The molecule has 0 unspecified atom stereocenters. The topological polar surface area (TPSA) is 59.1 Å². The number of aryl methyl sites for hydroxylation is 1. The monoisotopic (exact) mass is 422 g/mol. The van der Waals surface area contributed by atoms with Crippen molar-refractivity contribution in [1.82, 2.24) is 9.80 Å². The molecular weight excluding hydrogens is 392 g/mol. The standard InChI is InChI=1S/C25H30N2O4/c1-30-21-15-20-16-27(24(28)13-12-19-10-6-7-11-23(19)31-2)22(25(29)26(20)17-21)14-18-8-4-3-5-9-18/h3-11,20-22H,12-17H2,1-2H3/t20-,21-,22-/m0/s1. The maximum absolute atomic E-state index is 13.4. The van der Waals surface area contributed by atoms with Crippen molar-refractivity contribution in [2.24, 2.45) is 0 Å². The molecule has 31 heavy (non-hydrogen) atoms. The molecule has 0 saturated carbocycles. The van der Waals surface area contributed by atoms with Gasteiger partial charge in [0.15, 0.2) is 0 Å². The average Bonchev–Trinajstić information content (AvgIpc) is 3.24. The summed E-state index contributed by atoms with van der Waals surface area (Å²) < 4.78 is 10.9. The zero-order valence-electron chi connectivity index (χ0n) is 18.2. The third-order valence-corrected chi connectivity index (χ3v) is 6.45. The van der Waals surface area contributed by atoms with Crippen LogP contribution in [0.5, 0.6) is 5.75 Å². The van der Waals surface area contributed by atoms with Gasteiger partial charge < -0.3 is 19.3 Å². The molecule has 2 heterocycles. The molecule has 2 saturated heterocycles. The summed E-state index contributed by atoms with van der Waals surface area (Å²) in [4.78, 5) is 30.5. The van der Waals surface area contributed by atoms with Crippen molar-refractivity contribution >= 4 is 11.8 Å². The first kappa shape index (κ1) is 21.4. The van der Waals surface area contributed by atoms with Crippen LogP contribution in [0.3, 0.4) is 0 Å². The van der Waals surface area contributed by atoms with Crippen LogP contribution in [0.15, 0.2) is 54.6 Å². The Labute approximate surface area is 183 Å². The summed E-state index contributed by atoms with van der Waals surface area (Å²) in [5.41, 5.74) is 2.06. The Balaban J connectivity index is 1.53. The van der Waals surface area contributed by atoms with E-state index in [9.17, 15) is 9.59 Å². The van der Waals surface area contributed by atoms with Gasteiger partial charge in [-0.2, -0.15) is 0 Å². The number of benzene rings is 2. The fourth-order valence-electron chi connectivity index (χ4n) is 4.77. The van der Waals surface area contributed by atoms with E-state index in [0.717, 1.165) is 23.3 Å². The van der Waals surface area contributed by atoms with Crippen LogP contribution in [0, 0.1) is 0 Å². The van der Waals surface area contributed by atoms with Crippen LogP contribution in [-0.4, -0.2) is 67.1 Å². The second-order valence-electron chi connectivity index (χ2n) is 8.30. The Hall–Kier alpha value is -2.86. The molecule has 3 atom stereocenters. The summed E-state index contributed by atoms with van der Waals surface area (Å²) in [6.07, 6.45) is 2.27. The van der Waals surface area contributed by atoms with Crippen LogP contribution in [0.2, 0.25) is 0 Å². The molecular formula is C25H30N2O4. The molecule has 2 aliphatic rings. The maximum Gasteiger partial charge on any atom is 0.246 e. The highest BCUT2D eigenvalue weighted by Gasteiger charge is 2.46. The van der Waals surface area contributed by atoms with Gasteiger partial charge in [-0.3, -0.25) is 9.59 Å². The van der Waals surface area contributed by atoms with Crippen LogP contribution in [0.1, 0.15) is 24.0 Å². The van der Waals surface area contributed by atoms with Gasteiger partial charge >= 0.3 is 0 Å². The van der Waals surface area contributed by atoms with Crippen molar-refractivity contribution in [1.29, 1.82) is 0 Å². The van der Waals surface area contributed by atoms with E-state index in [1.807, 2.05) is 64.4 Å². The van der Waals surface area contributed by atoms with Crippen molar-refractivity contribution in [3.8, 4) is 5.75 Å². The first-order valence-corrected chi connectivity index (χ1v) is 10.9. The molecule has 2 aliphatic heterocycles. The summed E-state index contributed by atoms with van der Waals surface area (Å²) in [6.45, 7) is 1.17. The third-order valence-electron chi connectivity index (χ3n) is 6.45. The molecule has 2 amide bonds. The van der Waals surface area contributed by atoms with E-state index in [1.165, 1.54) is 0 Å². The van der Waals surface area contributed by atoms with Gasteiger partial charge in [0.1, 0.15) is 11.8 Å². The Kier molecular flexibility index (Phi) is 6.56. The van der Waals surface area contributed by atoms with Gasteiger partial charge in [-0.1, -0.05) is 48.5 Å².